The third-order valence-electron chi connectivity index (χ3n) is 5.28. The van der Waals surface area contributed by atoms with E-state index in [1.807, 2.05) is 32.0 Å². The Labute approximate surface area is 169 Å². The summed E-state index contributed by atoms with van der Waals surface area (Å²) in [5.41, 5.74) is 2.97. The van der Waals surface area contributed by atoms with Crippen LogP contribution in [-0.2, 0) is 22.6 Å². The van der Waals surface area contributed by atoms with Gasteiger partial charge in [0.2, 0.25) is 18.6 Å². The lowest BCUT2D eigenvalue weighted by atomic mass is 9.94. The predicted molar refractivity (Wildman–Crippen MR) is 109 cm³/mol. The number of amides is 2. The number of hydrogen-bond donors (Lipinski definition) is 3. The lowest BCUT2D eigenvalue weighted by molar-refractivity contribution is -0.128. The summed E-state index contributed by atoms with van der Waals surface area (Å²) in [4.78, 5) is 25.7. The Kier molecular flexibility index (Phi) is 5.40. The van der Waals surface area contributed by atoms with Crippen LogP contribution in [0.1, 0.15) is 25.0 Å². The average Bonchev–Trinajstić information content (AvgIpc) is 3.19. The van der Waals surface area contributed by atoms with Gasteiger partial charge in [0.05, 0.1) is 6.04 Å². The summed E-state index contributed by atoms with van der Waals surface area (Å²) in [7, 11) is 0. The normalized spacial score (nSPS) is 18.1. The number of benzene rings is 2. The second-order valence-electron chi connectivity index (χ2n) is 7.69. The third kappa shape index (κ3) is 4.19. The van der Waals surface area contributed by atoms with Crippen LogP contribution in [0.15, 0.2) is 42.5 Å². The van der Waals surface area contributed by atoms with Gasteiger partial charge in [-0.1, -0.05) is 38.1 Å². The number of carbonyl (C=O) groups excluding carboxylic acids is 2. The maximum absolute atomic E-state index is 12.9. The number of rotatable bonds is 5. The first-order valence-electron chi connectivity index (χ1n) is 9.82. The highest BCUT2D eigenvalue weighted by molar-refractivity contribution is 5.98. The van der Waals surface area contributed by atoms with E-state index in [2.05, 4.69) is 22.0 Å². The monoisotopic (exact) mass is 395 g/mol. The van der Waals surface area contributed by atoms with Crippen LogP contribution in [-0.4, -0.2) is 30.7 Å². The number of carbonyl (C=O) groups is 2. The molecule has 7 nitrogen and oxygen atoms in total. The lowest BCUT2D eigenvalue weighted by Crippen LogP contribution is -2.54. The summed E-state index contributed by atoms with van der Waals surface area (Å²) >= 11 is 0. The second-order valence-corrected chi connectivity index (χ2v) is 7.69. The highest BCUT2D eigenvalue weighted by Gasteiger charge is 2.30. The standard InChI is InChI=1S/C22H25N3O4/c1-13(2)20(22(27)24-16-7-8-18-19(10-16)29-12-28-18)25-21(26)17-9-14-5-3-4-6-15(14)11-23-17/h3-8,10,13,17,20,23H,9,11-12H2,1-2H3,(H,24,27)(H,25,26)/t17-,20+/m0/s1. The van der Waals surface area contributed by atoms with Crippen LogP contribution in [0, 0.1) is 5.92 Å². The van der Waals surface area contributed by atoms with Gasteiger partial charge in [-0.25, -0.2) is 0 Å². The summed E-state index contributed by atoms with van der Waals surface area (Å²) in [5.74, 6) is 0.754. The van der Waals surface area contributed by atoms with Crippen LogP contribution in [0.4, 0.5) is 5.69 Å². The molecular weight excluding hydrogens is 370 g/mol. The molecule has 0 fully saturated rings. The van der Waals surface area contributed by atoms with E-state index in [-0.39, 0.29) is 30.6 Å². The molecular formula is C22H25N3O4. The minimum atomic E-state index is -0.646. The van der Waals surface area contributed by atoms with Crippen LogP contribution in [0.5, 0.6) is 11.5 Å². The maximum Gasteiger partial charge on any atom is 0.247 e. The fraction of sp³-hybridized carbons (Fsp3) is 0.364. The van der Waals surface area contributed by atoms with Gasteiger partial charge in [-0.3, -0.25) is 9.59 Å². The van der Waals surface area contributed by atoms with Crippen molar-refractivity contribution in [2.45, 2.75) is 38.9 Å². The molecule has 0 aliphatic carbocycles. The minimum absolute atomic E-state index is 0.0659. The highest BCUT2D eigenvalue weighted by Crippen LogP contribution is 2.34. The largest absolute Gasteiger partial charge is 0.454 e. The molecule has 0 saturated heterocycles. The fourth-order valence-electron chi connectivity index (χ4n) is 3.62. The molecule has 2 heterocycles. The summed E-state index contributed by atoms with van der Waals surface area (Å²) in [5, 5.41) is 9.05. The highest BCUT2D eigenvalue weighted by atomic mass is 16.7. The summed E-state index contributed by atoms with van der Waals surface area (Å²) in [6.07, 6.45) is 0.608. The molecule has 3 N–H and O–H groups in total. The predicted octanol–water partition coefficient (Wildman–Crippen LogP) is 2.21. The maximum atomic E-state index is 12.9. The Morgan fingerprint density at radius 3 is 2.62 bits per heavy atom. The molecule has 0 spiro atoms. The fourth-order valence-corrected chi connectivity index (χ4v) is 3.62. The first kappa shape index (κ1) is 19.3. The number of anilines is 1. The summed E-state index contributed by atoms with van der Waals surface area (Å²) in [6, 6.07) is 12.3. The first-order chi connectivity index (χ1) is 14.0. The third-order valence-corrected chi connectivity index (χ3v) is 5.28. The van der Waals surface area contributed by atoms with Crippen molar-refractivity contribution in [2.24, 2.45) is 5.92 Å². The van der Waals surface area contributed by atoms with Gasteiger partial charge in [-0.05, 0) is 35.6 Å². The lowest BCUT2D eigenvalue weighted by Gasteiger charge is -2.28. The van der Waals surface area contributed by atoms with Crippen molar-refractivity contribution in [1.29, 1.82) is 0 Å². The van der Waals surface area contributed by atoms with Crippen LogP contribution in [0.3, 0.4) is 0 Å². The second kappa shape index (κ2) is 8.13. The van der Waals surface area contributed by atoms with E-state index in [1.54, 1.807) is 18.2 Å². The topological polar surface area (TPSA) is 88.7 Å². The van der Waals surface area contributed by atoms with Gasteiger partial charge in [-0.15, -0.1) is 0 Å². The van der Waals surface area contributed by atoms with E-state index in [0.29, 0.717) is 30.2 Å². The van der Waals surface area contributed by atoms with Crippen LogP contribution in [0.2, 0.25) is 0 Å². The molecule has 152 valence electrons. The molecule has 2 aromatic rings. The Morgan fingerprint density at radius 1 is 1.07 bits per heavy atom. The molecule has 0 unspecified atom stereocenters. The van der Waals surface area contributed by atoms with Crippen molar-refractivity contribution >= 4 is 17.5 Å². The number of nitrogens with one attached hydrogen (secondary N) is 3. The Morgan fingerprint density at radius 2 is 1.83 bits per heavy atom. The molecule has 2 atom stereocenters. The summed E-state index contributed by atoms with van der Waals surface area (Å²) < 4.78 is 10.6. The van der Waals surface area contributed by atoms with E-state index in [1.165, 1.54) is 5.56 Å². The number of ether oxygens (including phenoxy) is 2. The summed E-state index contributed by atoms with van der Waals surface area (Å²) in [6.45, 7) is 4.64. The van der Waals surface area contributed by atoms with Crippen molar-refractivity contribution in [3.8, 4) is 11.5 Å². The van der Waals surface area contributed by atoms with Crippen LogP contribution >= 0.6 is 0 Å². The van der Waals surface area contributed by atoms with E-state index >= 15 is 0 Å². The van der Waals surface area contributed by atoms with Crippen molar-refractivity contribution in [3.63, 3.8) is 0 Å². The Balaban J connectivity index is 1.41. The number of hydrogen-bond acceptors (Lipinski definition) is 5. The molecule has 2 aliphatic heterocycles. The SMILES string of the molecule is CC(C)[C@@H](NC(=O)[C@@H]1Cc2ccccc2CN1)C(=O)Nc1ccc2c(c1)OCO2. The van der Waals surface area contributed by atoms with Gasteiger partial charge >= 0.3 is 0 Å². The van der Waals surface area contributed by atoms with Gasteiger partial charge < -0.3 is 25.4 Å². The molecule has 2 aliphatic rings. The number of fused-ring (bicyclic) bond motifs is 2. The molecule has 29 heavy (non-hydrogen) atoms. The zero-order valence-electron chi connectivity index (χ0n) is 16.5. The van der Waals surface area contributed by atoms with E-state index in [9.17, 15) is 9.59 Å². The molecule has 7 heteroatoms. The molecule has 4 rings (SSSR count). The first-order valence-corrected chi connectivity index (χ1v) is 9.82. The molecule has 2 aromatic carbocycles. The van der Waals surface area contributed by atoms with E-state index < -0.39 is 6.04 Å². The van der Waals surface area contributed by atoms with Crippen LogP contribution in [0.25, 0.3) is 0 Å². The van der Waals surface area contributed by atoms with Gasteiger partial charge in [0.1, 0.15) is 6.04 Å². The molecule has 0 aromatic heterocycles. The zero-order chi connectivity index (χ0) is 20.4. The quantitative estimate of drug-likeness (QED) is 0.722. The van der Waals surface area contributed by atoms with E-state index in [0.717, 1.165) is 5.56 Å². The van der Waals surface area contributed by atoms with E-state index in [4.69, 9.17) is 9.47 Å². The Hall–Kier alpha value is -3.06. The molecule has 0 saturated carbocycles. The zero-order valence-corrected chi connectivity index (χ0v) is 16.5. The van der Waals surface area contributed by atoms with Crippen molar-refractivity contribution in [1.82, 2.24) is 10.6 Å². The minimum Gasteiger partial charge on any atom is -0.454 e. The van der Waals surface area contributed by atoms with Gasteiger partial charge in [0.25, 0.3) is 0 Å². The van der Waals surface area contributed by atoms with Crippen molar-refractivity contribution in [3.05, 3.63) is 53.6 Å². The average molecular weight is 395 g/mol. The van der Waals surface area contributed by atoms with Crippen molar-refractivity contribution in [2.75, 3.05) is 12.1 Å². The van der Waals surface area contributed by atoms with Gasteiger partial charge in [0.15, 0.2) is 11.5 Å². The molecule has 0 bridgehead atoms. The molecule has 0 radical (unpaired) electrons. The smallest absolute Gasteiger partial charge is 0.247 e. The molecule has 2 amide bonds. The Bertz CT molecular complexity index is 928. The van der Waals surface area contributed by atoms with Crippen molar-refractivity contribution < 1.29 is 19.1 Å². The van der Waals surface area contributed by atoms with Gasteiger partial charge in [-0.2, -0.15) is 0 Å². The van der Waals surface area contributed by atoms with Gasteiger partial charge in [0, 0.05) is 18.3 Å². The van der Waals surface area contributed by atoms with Crippen LogP contribution < -0.4 is 25.4 Å².